The minimum atomic E-state index is -0.163. The number of methoxy groups -OCH3 is 1. The van der Waals surface area contributed by atoms with Gasteiger partial charge in [-0.1, -0.05) is 30.3 Å². The van der Waals surface area contributed by atoms with E-state index in [4.69, 9.17) is 14.2 Å². The van der Waals surface area contributed by atoms with Crippen molar-refractivity contribution < 1.29 is 14.2 Å². The van der Waals surface area contributed by atoms with Gasteiger partial charge in [-0.05, 0) is 18.9 Å². The Bertz CT molecular complexity index is 530. The molecule has 1 aliphatic heterocycles. The highest BCUT2D eigenvalue weighted by Gasteiger charge is 2.32. The number of nitrogens with zero attached hydrogens (tertiary/aromatic N) is 1. The van der Waals surface area contributed by atoms with Crippen molar-refractivity contribution in [2.24, 2.45) is 4.99 Å². The summed E-state index contributed by atoms with van der Waals surface area (Å²) >= 11 is 0. The summed E-state index contributed by atoms with van der Waals surface area (Å²) in [5, 5.41) is 6.71. The molecule has 26 heavy (non-hydrogen) atoms. The molecule has 1 heterocycles. The zero-order valence-corrected chi connectivity index (χ0v) is 16.3. The molecule has 0 saturated carbocycles. The molecule has 1 aromatic rings. The summed E-state index contributed by atoms with van der Waals surface area (Å²) in [6, 6.07) is 10.3. The van der Waals surface area contributed by atoms with Crippen molar-refractivity contribution in [1.29, 1.82) is 0 Å². The standard InChI is InChI=1S/C20H33N3O3/c1-17(18-8-5-4-6-9-18)26-13-7-12-22-19(21-2)23-16-20(24-3)10-14-25-15-11-20/h4-6,8-9,17H,7,10-16H2,1-3H3,(H2,21,22,23). The minimum Gasteiger partial charge on any atom is -0.381 e. The number of ether oxygens (including phenoxy) is 3. The van der Waals surface area contributed by atoms with Gasteiger partial charge in [0.25, 0.3) is 0 Å². The van der Waals surface area contributed by atoms with E-state index in [-0.39, 0.29) is 11.7 Å². The third kappa shape index (κ3) is 6.59. The first-order chi connectivity index (χ1) is 12.7. The predicted octanol–water partition coefficient (Wildman–Crippen LogP) is 2.51. The van der Waals surface area contributed by atoms with E-state index in [1.165, 1.54) is 5.56 Å². The Morgan fingerprint density at radius 1 is 1.23 bits per heavy atom. The summed E-state index contributed by atoms with van der Waals surface area (Å²) in [6.45, 7) is 5.83. The van der Waals surface area contributed by atoms with Gasteiger partial charge in [0.2, 0.25) is 0 Å². The van der Waals surface area contributed by atoms with Gasteiger partial charge in [0.15, 0.2) is 5.96 Å². The van der Waals surface area contributed by atoms with Crippen LogP contribution in [0.25, 0.3) is 0 Å². The summed E-state index contributed by atoms with van der Waals surface area (Å²) in [5.74, 6) is 0.795. The molecule has 1 aromatic carbocycles. The molecule has 146 valence electrons. The molecule has 1 unspecified atom stereocenters. The average Bonchev–Trinajstić information content (AvgIpc) is 2.71. The Morgan fingerprint density at radius 3 is 2.62 bits per heavy atom. The third-order valence-corrected chi connectivity index (χ3v) is 4.89. The molecule has 2 rings (SSSR count). The van der Waals surface area contributed by atoms with Crippen LogP contribution in [0, 0.1) is 0 Å². The van der Waals surface area contributed by atoms with Crippen LogP contribution in [0.3, 0.4) is 0 Å². The highest BCUT2D eigenvalue weighted by Crippen LogP contribution is 2.23. The lowest BCUT2D eigenvalue weighted by Crippen LogP contribution is -2.50. The Morgan fingerprint density at radius 2 is 1.96 bits per heavy atom. The fourth-order valence-electron chi connectivity index (χ4n) is 3.02. The predicted molar refractivity (Wildman–Crippen MR) is 105 cm³/mol. The van der Waals surface area contributed by atoms with Crippen LogP contribution in [-0.2, 0) is 14.2 Å². The summed E-state index contributed by atoms with van der Waals surface area (Å²) in [6.07, 6.45) is 2.84. The first-order valence-electron chi connectivity index (χ1n) is 9.43. The molecule has 1 saturated heterocycles. The van der Waals surface area contributed by atoms with Crippen molar-refractivity contribution in [3.8, 4) is 0 Å². The second kappa shape index (κ2) is 11.2. The average molecular weight is 364 g/mol. The lowest BCUT2D eigenvalue weighted by Gasteiger charge is -2.36. The largest absolute Gasteiger partial charge is 0.381 e. The van der Waals surface area contributed by atoms with Crippen LogP contribution in [0.15, 0.2) is 35.3 Å². The molecule has 1 fully saturated rings. The topological polar surface area (TPSA) is 64.1 Å². The Balaban J connectivity index is 1.63. The first-order valence-corrected chi connectivity index (χ1v) is 9.43. The van der Waals surface area contributed by atoms with Gasteiger partial charge in [0, 0.05) is 59.9 Å². The molecule has 0 aromatic heterocycles. The Kier molecular flexibility index (Phi) is 8.88. The SMILES string of the molecule is CN=C(NCCCOC(C)c1ccccc1)NCC1(OC)CCOCC1. The molecular weight excluding hydrogens is 330 g/mol. The van der Waals surface area contributed by atoms with E-state index < -0.39 is 0 Å². The van der Waals surface area contributed by atoms with Gasteiger partial charge in [-0.2, -0.15) is 0 Å². The van der Waals surface area contributed by atoms with Crippen LogP contribution in [0.5, 0.6) is 0 Å². The number of guanidine groups is 1. The van der Waals surface area contributed by atoms with E-state index in [0.29, 0.717) is 6.61 Å². The second-order valence-corrected chi connectivity index (χ2v) is 6.63. The normalized spacial score (nSPS) is 18.3. The highest BCUT2D eigenvalue weighted by atomic mass is 16.5. The maximum Gasteiger partial charge on any atom is 0.191 e. The van der Waals surface area contributed by atoms with Crippen LogP contribution in [-0.4, -0.2) is 58.6 Å². The maximum absolute atomic E-state index is 5.90. The lowest BCUT2D eigenvalue weighted by atomic mass is 9.94. The third-order valence-electron chi connectivity index (χ3n) is 4.89. The number of aliphatic imine (C=N–C) groups is 1. The highest BCUT2D eigenvalue weighted by molar-refractivity contribution is 5.79. The van der Waals surface area contributed by atoms with Crippen molar-refractivity contribution in [1.82, 2.24) is 10.6 Å². The first kappa shape index (κ1) is 20.7. The van der Waals surface area contributed by atoms with E-state index in [0.717, 1.165) is 51.5 Å². The van der Waals surface area contributed by atoms with E-state index >= 15 is 0 Å². The van der Waals surface area contributed by atoms with Crippen molar-refractivity contribution in [3.63, 3.8) is 0 Å². The minimum absolute atomic E-state index is 0.115. The number of nitrogens with one attached hydrogen (secondary N) is 2. The monoisotopic (exact) mass is 363 g/mol. The van der Waals surface area contributed by atoms with Gasteiger partial charge in [-0.15, -0.1) is 0 Å². The summed E-state index contributed by atoms with van der Waals surface area (Å²) < 4.78 is 17.1. The van der Waals surface area contributed by atoms with Gasteiger partial charge in [-0.3, -0.25) is 4.99 Å². The van der Waals surface area contributed by atoms with Crippen LogP contribution in [0.2, 0.25) is 0 Å². The number of hydrogen-bond donors (Lipinski definition) is 2. The smallest absolute Gasteiger partial charge is 0.191 e. The molecule has 0 amide bonds. The molecule has 0 radical (unpaired) electrons. The zero-order valence-electron chi connectivity index (χ0n) is 16.3. The molecule has 6 heteroatoms. The molecule has 1 aliphatic rings. The van der Waals surface area contributed by atoms with E-state index in [9.17, 15) is 0 Å². The van der Waals surface area contributed by atoms with Gasteiger partial charge >= 0.3 is 0 Å². The van der Waals surface area contributed by atoms with Gasteiger partial charge < -0.3 is 24.8 Å². The van der Waals surface area contributed by atoms with E-state index in [2.05, 4.69) is 34.7 Å². The quantitative estimate of drug-likeness (QED) is 0.401. The number of rotatable bonds is 9. The second-order valence-electron chi connectivity index (χ2n) is 6.63. The lowest BCUT2D eigenvalue weighted by molar-refractivity contribution is -0.0855. The molecule has 6 nitrogen and oxygen atoms in total. The van der Waals surface area contributed by atoms with Crippen LogP contribution >= 0.6 is 0 Å². The van der Waals surface area contributed by atoms with Crippen molar-refractivity contribution in [2.75, 3.05) is 47.1 Å². The van der Waals surface area contributed by atoms with Gasteiger partial charge in [-0.25, -0.2) is 0 Å². The van der Waals surface area contributed by atoms with Gasteiger partial charge in [0.1, 0.15) is 0 Å². The summed E-state index contributed by atoms with van der Waals surface area (Å²) in [4.78, 5) is 4.28. The fourth-order valence-corrected chi connectivity index (χ4v) is 3.02. The number of hydrogen-bond acceptors (Lipinski definition) is 4. The summed E-state index contributed by atoms with van der Waals surface area (Å²) in [7, 11) is 3.56. The molecule has 1 atom stereocenters. The molecule has 0 spiro atoms. The molecule has 2 N–H and O–H groups in total. The van der Waals surface area contributed by atoms with E-state index in [1.807, 2.05) is 18.2 Å². The van der Waals surface area contributed by atoms with E-state index in [1.54, 1.807) is 14.2 Å². The zero-order chi connectivity index (χ0) is 18.7. The van der Waals surface area contributed by atoms with Crippen molar-refractivity contribution >= 4 is 5.96 Å². The Hall–Kier alpha value is -1.63. The fraction of sp³-hybridized carbons (Fsp3) is 0.650. The number of benzene rings is 1. The van der Waals surface area contributed by atoms with Gasteiger partial charge in [0.05, 0.1) is 11.7 Å². The summed E-state index contributed by atoms with van der Waals surface area (Å²) in [5.41, 5.74) is 1.05. The molecule has 0 aliphatic carbocycles. The molecule has 0 bridgehead atoms. The van der Waals surface area contributed by atoms with Crippen LogP contribution in [0.4, 0.5) is 0 Å². The van der Waals surface area contributed by atoms with Crippen LogP contribution in [0.1, 0.15) is 37.9 Å². The van der Waals surface area contributed by atoms with Crippen molar-refractivity contribution in [2.45, 2.75) is 37.9 Å². The molecular formula is C20H33N3O3. The maximum atomic E-state index is 5.90. The Labute approximate surface area is 157 Å². The van der Waals surface area contributed by atoms with Crippen molar-refractivity contribution in [3.05, 3.63) is 35.9 Å². The van der Waals surface area contributed by atoms with Crippen LogP contribution < -0.4 is 10.6 Å².